The first-order chi connectivity index (χ1) is 12.2. The molecule has 1 saturated heterocycles. The van der Waals surface area contributed by atoms with Crippen molar-refractivity contribution in [2.24, 2.45) is 0 Å². The van der Waals surface area contributed by atoms with Crippen LogP contribution < -0.4 is 19.7 Å². The highest BCUT2D eigenvalue weighted by atomic mass is 16.5. The van der Waals surface area contributed by atoms with Crippen molar-refractivity contribution in [3.63, 3.8) is 0 Å². The highest BCUT2D eigenvalue weighted by Crippen LogP contribution is 2.23. The quantitative estimate of drug-likeness (QED) is 0.871. The fourth-order valence-corrected chi connectivity index (χ4v) is 2.91. The number of anilines is 2. The number of ether oxygens (including phenoxy) is 2. The Morgan fingerprint density at radius 3 is 2.44 bits per heavy atom. The van der Waals surface area contributed by atoms with Crippen molar-refractivity contribution in [1.82, 2.24) is 0 Å². The zero-order valence-corrected chi connectivity index (χ0v) is 14.7. The van der Waals surface area contributed by atoms with Crippen molar-refractivity contribution in [2.45, 2.75) is 25.9 Å². The molecule has 1 fully saturated rings. The second-order valence-electron chi connectivity index (χ2n) is 6.17. The lowest BCUT2D eigenvalue weighted by Gasteiger charge is -2.18. The fraction of sp³-hybridized carbons (Fsp3) is 0.350. The van der Waals surface area contributed by atoms with Gasteiger partial charge in [0.2, 0.25) is 0 Å². The largest absolute Gasteiger partial charge is 0.497 e. The van der Waals surface area contributed by atoms with Crippen LogP contribution in [0.3, 0.4) is 0 Å². The van der Waals surface area contributed by atoms with E-state index in [2.05, 4.69) is 22.3 Å². The van der Waals surface area contributed by atoms with E-state index in [9.17, 15) is 4.79 Å². The average Bonchev–Trinajstić information content (AvgIpc) is 3.17. The molecule has 1 amide bonds. The summed E-state index contributed by atoms with van der Waals surface area (Å²) in [6, 6.07) is 15.2. The Morgan fingerprint density at radius 2 is 1.76 bits per heavy atom. The monoisotopic (exact) mass is 340 g/mol. The molecule has 1 heterocycles. The number of carbonyl (C=O) groups excluding carboxylic acids is 1. The van der Waals surface area contributed by atoms with Crippen LogP contribution in [0.4, 0.5) is 11.4 Å². The smallest absolute Gasteiger partial charge is 0.265 e. The number of hydrogen-bond acceptors (Lipinski definition) is 4. The van der Waals surface area contributed by atoms with Crippen molar-refractivity contribution in [3.8, 4) is 11.5 Å². The van der Waals surface area contributed by atoms with E-state index >= 15 is 0 Å². The van der Waals surface area contributed by atoms with Crippen molar-refractivity contribution in [1.29, 1.82) is 0 Å². The van der Waals surface area contributed by atoms with Crippen LogP contribution in [0.15, 0.2) is 48.5 Å². The lowest BCUT2D eigenvalue weighted by molar-refractivity contribution is -0.122. The van der Waals surface area contributed by atoms with Gasteiger partial charge in [0.05, 0.1) is 7.11 Å². The first kappa shape index (κ1) is 17.1. The van der Waals surface area contributed by atoms with Crippen LogP contribution >= 0.6 is 0 Å². The van der Waals surface area contributed by atoms with Gasteiger partial charge in [-0.3, -0.25) is 4.79 Å². The van der Waals surface area contributed by atoms with Crippen LogP contribution in [0, 0.1) is 0 Å². The van der Waals surface area contributed by atoms with E-state index < -0.39 is 6.10 Å². The van der Waals surface area contributed by atoms with E-state index in [1.165, 1.54) is 18.5 Å². The van der Waals surface area contributed by atoms with Crippen LogP contribution in [-0.2, 0) is 4.79 Å². The SMILES string of the molecule is COc1cccc(O[C@@H](C)C(=O)Nc2ccc(N3CCCC3)cc2)c1. The van der Waals surface area contributed by atoms with Crippen molar-refractivity contribution in [2.75, 3.05) is 30.4 Å². The maximum atomic E-state index is 12.3. The molecule has 3 rings (SSSR count). The Labute approximate surface area is 148 Å². The summed E-state index contributed by atoms with van der Waals surface area (Å²) in [5.74, 6) is 1.12. The molecule has 2 aromatic carbocycles. The number of nitrogens with one attached hydrogen (secondary N) is 1. The molecule has 5 nitrogen and oxygen atoms in total. The van der Waals surface area contributed by atoms with Crippen LogP contribution in [0.25, 0.3) is 0 Å². The number of benzene rings is 2. The average molecular weight is 340 g/mol. The summed E-state index contributed by atoms with van der Waals surface area (Å²) in [7, 11) is 1.60. The minimum Gasteiger partial charge on any atom is -0.497 e. The number of rotatable bonds is 6. The summed E-state index contributed by atoms with van der Waals surface area (Å²) in [6.45, 7) is 3.95. The molecule has 1 aliphatic rings. The third-order valence-corrected chi connectivity index (χ3v) is 4.33. The normalized spacial score (nSPS) is 14.9. The standard InChI is InChI=1S/C20H24N2O3/c1-15(25-19-7-5-6-18(14-19)24-2)20(23)21-16-8-10-17(11-9-16)22-12-3-4-13-22/h5-11,14-15H,3-4,12-13H2,1-2H3,(H,21,23)/t15-/m0/s1. The highest BCUT2D eigenvalue weighted by molar-refractivity contribution is 5.94. The summed E-state index contributed by atoms with van der Waals surface area (Å²) in [5, 5.41) is 2.89. The summed E-state index contributed by atoms with van der Waals surface area (Å²) in [5.41, 5.74) is 1.98. The Morgan fingerprint density at radius 1 is 1.08 bits per heavy atom. The topological polar surface area (TPSA) is 50.8 Å². The molecule has 0 unspecified atom stereocenters. The van der Waals surface area contributed by atoms with Gasteiger partial charge in [0.15, 0.2) is 6.10 Å². The molecule has 0 aromatic heterocycles. The molecule has 1 atom stereocenters. The minimum absolute atomic E-state index is 0.184. The van der Waals surface area contributed by atoms with E-state index in [0.29, 0.717) is 11.5 Å². The van der Waals surface area contributed by atoms with Crippen LogP contribution in [0.5, 0.6) is 11.5 Å². The lowest BCUT2D eigenvalue weighted by Crippen LogP contribution is -2.30. The predicted octanol–water partition coefficient (Wildman–Crippen LogP) is 3.70. The molecular weight excluding hydrogens is 316 g/mol. The molecule has 0 spiro atoms. The molecule has 0 saturated carbocycles. The summed E-state index contributed by atoms with van der Waals surface area (Å²) >= 11 is 0. The van der Waals surface area contributed by atoms with Gasteiger partial charge in [0, 0.05) is 30.5 Å². The molecule has 1 aliphatic heterocycles. The Hall–Kier alpha value is -2.69. The third kappa shape index (κ3) is 4.44. The van der Waals surface area contributed by atoms with E-state index in [0.717, 1.165) is 18.8 Å². The van der Waals surface area contributed by atoms with E-state index in [4.69, 9.17) is 9.47 Å². The maximum absolute atomic E-state index is 12.3. The van der Waals surface area contributed by atoms with Gasteiger partial charge < -0.3 is 19.7 Å². The first-order valence-electron chi connectivity index (χ1n) is 8.62. The molecule has 0 bridgehead atoms. The zero-order valence-electron chi connectivity index (χ0n) is 14.7. The molecule has 0 radical (unpaired) electrons. The second-order valence-corrected chi connectivity index (χ2v) is 6.17. The zero-order chi connectivity index (χ0) is 17.6. The second kappa shape index (κ2) is 7.92. The Balaban J connectivity index is 1.57. The van der Waals surface area contributed by atoms with Gasteiger partial charge in [-0.25, -0.2) is 0 Å². The number of hydrogen-bond donors (Lipinski definition) is 1. The maximum Gasteiger partial charge on any atom is 0.265 e. The van der Waals surface area contributed by atoms with Crippen LogP contribution in [0.2, 0.25) is 0 Å². The first-order valence-corrected chi connectivity index (χ1v) is 8.62. The number of methoxy groups -OCH3 is 1. The van der Waals surface area contributed by atoms with Crippen molar-refractivity contribution >= 4 is 17.3 Å². The van der Waals surface area contributed by atoms with Gasteiger partial charge in [0.1, 0.15) is 11.5 Å². The van der Waals surface area contributed by atoms with Gasteiger partial charge >= 0.3 is 0 Å². The number of carbonyl (C=O) groups is 1. The summed E-state index contributed by atoms with van der Waals surface area (Å²) in [6.07, 6.45) is 1.89. The minimum atomic E-state index is -0.606. The van der Waals surface area contributed by atoms with Crippen LogP contribution in [0.1, 0.15) is 19.8 Å². The lowest BCUT2D eigenvalue weighted by atomic mass is 10.2. The molecule has 25 heavy (non-hydrogen) atoms. The summed E-state index contributed by atoms with van der Waals surface area (Å²) < 4.78 is 10.9. The molecule has 132 valence electrons. The third-order valence-electron chi connectivity index (χ3n) is 4.33. The number of amides is 1. The molecule has 2 aromatic rings. The Kier molecular flexibility index (Phi) is 5.43. The molecule has 1 N–H and O–H groups in total. The van der Waals surface area contributed by atoms with Crippen molar-refractivity contribution in [3.05, 3.63) is 48.5 Å². The Bertz CT molecular complexity index is 709. The van der Waals surface area contributed by atoms with Crippen molar-refractivity contribution < 1.29 is 14.3 Å². The van der Waals surface area contributed by atoms with Gasteiger partial charge in [-0.2, -0.15) is 0 Å². The highest BCUT2D eigenvalue weighted by Gasteiger charge is 2.16. The van der Waals surface area contributed by atoms with Gasteiger partial charge in [0.25, 0.3) is 5.91 Å². The molecular formula is C20H24N2O3. The van der Waals surface area contributed by atoms with Crippen LogP contribution in [-0.4, -0.2) is 32.2 Å². The van der Waals surface area contributed by atoms with E-state index in [1.54, 1.807) is 26.2 Å². The van der Waals surface area contributed by atoms with E-state index in [1.807, 2.05) is 24.3 Å². The van der Waals surface area contributed by atoms with Gasteiger partial charge in [-0.1, -0.05) is 6.07 Å². The fourth-order valence-electron chi connectivity index (χ4n) is 2.91. The predicted molar refractivity (Wildman–Crippen MR) is 99.6 cm³/mol. The van der Waals surface area contributed by atoms with Gasteiger partial charge in [-0.15, -0.1) is 0 Å². The summed E-state index contributed by atoms with van der Waals surface area (Å²) in [4.78, 5) is 14.7. The van der Waals surface area contributed by atoms with Gasteiger partial charge in [-0.05, 0) is 56.2 Å². The molecule has 0 aliphatic carbocycles. The van der Waals surface area contributed by atoms with E-state index in [-0.39, 0.29) is 5.91 Å². The molecule has 5 heteroatoms. The number of nitrogens with zero attached hydrogens (tertiary/aromatic N) is 1.